The summed E-state index contributed by atoms with van der Waals surface area (Å²) in [5.41, 5.74) is 1.99. The van der Waals surface area contributed by atoms with Crippen LogP contribution in [0, 0.1) is 13.8 Å². The van der Waals surface area contributed by atoms with Gasteiger partial charge in [-0.15, -0.1) is 0 Å². The number of nitrogens with zero attached hydrogens (tertiary/aromatic N) is 1. The van der Waals surface area contributed by atoms with E-state index in [0.29, 0.717) is 26.9 Å². The predicted octanol–water partition coefficient (Wildman–Crippen LogP) is 5.62. The van der Waals surface area contributed by atoms with Crippen LogP contribution in [0.1, 0.15) is 39.0 Å². The number of rotatable bonds is 5. The zero-order valence-corrected chi connectivity index (χ0v) is 18.7. The number of aryl methyl sites for hydroxylation is 2. The molecule has 1 amide bonds. The molecule has 0 unspecified atom stereocenters. The van der Waals surface area contributed by atoms with E-state index in [4.69, 9.17) is 23.2 Å². The number of fused-ring (bicyclic) bond motifs is 1. The van der Waals surface area contributed by atoms with Gasteiger partial charge in [0.1, 0.15) is 0 Å². The Kier molecular flexibility index (Phi) is 5.65. The van der Waals surface area contributed by atoms with E-state index in [0.717, 1.165) is 16.7 Å². The number of Topliss-reactive ketones (excluding diaryl/α,β-unsaturated/α-hetero) is 1. The second kappa shape index (κ2) is 8.12. The molecule has 0 spiro atoms. The number of halogens is 2. The number of hydrogen-bond acceptors (Lipinski definition) is 3. The molecule has 3 aromatic carbocycles. The highest BCUT2D eigenvalue weighted by Gasteiger charge is 2.51. The summed E-state index contributed by atoms with van der Waals surface area (Å²) in [5, 5.41) is 12.5. The van der Waals surface area contributed by atoms with Gasteiger partial charge in [-0.05, 0) is 61.4 Å². The fourth-order valence-corrected chi connectivity index (χ4v) is 4.28. The van der Waals surface area contributed by atoms with Gasteiger partial charge in [0.25, 0.3) is 5.91 Å². The van der Waals surface area contributed by atoms with Crippen molar-refractivity contribution in [2.24, 2.45) is 0 Å². The Morgan fingerprint density at radius 2 is 1.65 bits per heavy atom. The minimum Gasteiger partial charge on any atom is -0.375 e. The maximum atomic E-state index is 13.4. The first kappa shape index (κ1) is 21.6. The van der Waals surface area contributed by atoms with E-state index in [2.05, 4.69) is 0 Å². The molecule has 31 heavy (non-hydrogen) atoms. The van der Waals surface area contributed by atoms with E-state index in [-0.39, 0.29) is 18.7 Å². The number of carbonyl (C=O) groups is 2. The standard InChI is InChI=1S/C25H21Cl2NO3/c1-15-3-4-16(2)20(11-15)23(29)13-25(31)21-12-19(27)9-10-22(21)28(24(25)30)14-17-5-7-18(26)8-6-17/h3-12,31H,13-14H2,1-2H3/t25-/m1/s1. The summed E-state index contributed by atoms with van der Waals surface area (Å²) in [6.07, 6.45) is -0.361. The van der Waals surface area contributed by atoms with Crippen LogP contribution >= 0.6 is 23.2 Å². The third kappa shape index (κ3) is 3.99. The van der Waals surface area contributed by atoms with Crippen molar-refractivity contribution in [1.29, 1.82) is 0 Å². The Morgan fingerprint density at radius 1 is 0.968 bits per heavy atom. The van der Waals surface area contributed by atoms with Crippen molar-refractivity contribution in [2.45, 2.75) is 32.4 Å². The fraction of sp³-hybridized carbons (Fsp3) is 0.200. The largest absolute Gasteiger partial charge is 0.375 e. The molecule has 3 aromatic rings. The van der Waals surface area contributed by atoms with Gasteiger partial charge in [0.15, 0.2) is 11.4 Å². The molecule has 1 heterocycles. The number of hydrogen-bond donors (Lipinski definition) is 1. The highest BCUT2D eigenvalue weighted by molar-refractivity contribution is 6.31. The Hall–Kier alpha value is -2.66. The molecule has 0 fully saturated rings. The predicted molar refractivity (Wildman–Crippen MR) is 123 cm³/mol. The van der Waals surface area contributed by atoms with Crippen molar-refractivity contribution in [1.82, 2.24) is 0 Å². The second-order valence-electron chi connectivity index (χ2n) is 7.96. The van der Waals surface area contributed by atoms with Crippen LogP contribution in [0.3, 0.4) is 0 Å². The summed E-state index contributed by atoms with van der Waals surface area (Å²) in [6.45, 7) is 3.98. The van der Waals surface area contributed by atoms with E-state index in [1.165, 1.54) is 4.90 Å². The summed E-state index contributed by atoms with van der Waals surface area (Å²) in [4.78, 5) is 28.1. The lowest BCUT2D eigenvalue weighted by molar-refractivity contribution is -0.136. The summed E-state index contributed by atoms with van der Waals surface area (Å²) in [6, 6.07) is 17.6. The van der Waals surface area contributed by atoms with Gasteiger partial charge in [-0.3, -0.25) is 9.59 Å². The van der Waals surface area contributed by atoms with Crippen molar-refractivity contribution in [2.75, 3.05) is 4.90 Å². The molecule has 4 rings (SSSR count). The summed E-state index contributed by atoms with van der Waals surface area (Å²) in [5.74, 6) is -0.838. The van der Waals surface area contributed by atoms with Crippen molar-refractivity contribution in [3.63, 3.8) is 0 Å². The van der Waals surface area contributed by atoms with Gasteiger partial charge in [-0.2, -0.15) is 0 Å². The van der Waals surface area contributed by atoms with Gasteiger partial charge in [-0.25, -0.2) is 0 Å². The van der Waals surface area contributed by atoms with E-state index in [1.54, 1.807) is 36.4 Å². The molecule has 0 aliphatic carbocycles. The molecular formula is C25H21Cl2NO3. The van der Waals surface area contributed by atoms with Crippen LogP contribution in [-0.4, -0.2) is 16.8 Å². The lowest BCUT2D eigenvalue weighted by Crippen LogP contribution is -2.41. The van der Waals surface area contributed by atoms with Crippen molar-refractivity contribution >= 4 is 40.6 Å². The quantitative estimate of drug-likeness (QED) is 0.510. The second-order valence-corrected chi connectivity index (χ2v) is 8.83. The maximum absolute atomic E-state index is 13.4. The monoisotopic (exact) mass is 453 g/mol. The van der Waals surface area contributed by atoms with Crippen LogP contribution in [0.15, 0.2) is 60.7 Å². The zero-order chi connectivity index (χ0) is 22.3. The van der Waals surface area contributed by atoms with Gasteiger partial charge in [0.05, 0.1) is 18.7 Å². The topological polar surface area (TPSA) is 57.6 Å². The van der Waals surface area contributed by atoms with Gasteiger partial charge in [0, 0.05) is 21.2 Å². The summed E-state index contributed by atoms with van der Waals surface area (Å²) >= 11 is 12.2. The molecule has 0 radical (unpaired) electrons. The molecule has 6 heteroatoms. The molecule has 0 saturated carbocycles. The minimum absolute atomic E-state index is 0.241. The first-order chi connectivity index (χ1) is 14.7. The molecule has 1 aliphatic rings. The minimum atomic E-state index is -1.99. The number of benzene rings is 3. The molecule has 1 N–H and O–H groups in total. The SMILES string of the molecule is Cc1ccc(C)c(C(=O)C[C@]2(O)C(=O)N(Cc3ccc(Cl)cc3)c3ccc(Cl)cc32)c1. The van der Waals surface area contributed by atoms with Crippen LogP contribution < -0.4 is 4.90 Å². The lowest BCUT2D eigenvalue weighted by Gasteiger charge is -2.23. The van der Waals surface area contributed by atoms with Crippen molar-refractivity contribution in [3.8, 4) is 0 Å². The Morgan fingerprint density at radius 3 is 2.35 bits per heavy atom. The highest BCUT2D eigenvalue weighted by atomic mass is 35.5. The van der Waals surface area contributed by atoms with Gasteiger partial charge < -0.3 is 10.0 Å². The Bertz CT molecular complexity index is 1190. The number of anilines is 1. The van der Waals surface area contributed by atoms with Crippen LogP contribution in [0.4, 0.5) is 5.69 Å². The van der Waals surface area contributed by atoms with Crippen molar-refractivity contribution in [3.05, 3.63) is 98.5 Å². The third-order valence-corrected chi connectivity index (χ3v) is 6.14. The Balaban J connectivity index is 1.72. The number of amides is 1. The highest BCUT2D eigenvalue weighted by Crippen LogP contribution is 2.45. The normalized spacial score (nSPS) is 17.7. The van der Waals surface area contributed by atoms with Crippen LogP contribution in [0.25, 0.3) is 0 Å². The number of aliphatic hydroxyl groups is 1. The van der Waals surface area contributed by atoms with Crippen LogP contribution in [0.5, 0.6) is 0 Å². The van der Waals surface area contributed by atoms with Gasteiger partial charge >= 0.3 is 0 Å². The number of ketones is 1. The zero-order valence-electron chi connectivity index (χ0n) is 17.2. The molecule has 1 aliphatic heterocycles. The first-order valence-electron chi connectivity index (χ1n) is 9.88. The summed E-state index contributed by atoms with van der Waals surface area (Å²) in [7, 11) is 0. The molecule has 0 saturated heterocycles. The first-order valence-corrected chi connectivity index (χ1v) is 10.6. The number of carbonyl (C=O) groups excluding carboxylic acids is 2. The smallest absolute Gasteiger partial charge is 0.264 e. The van der Waals surface area contributed by atoms with Crippen LogP contribution in [-0.2, 0) is 16.9 Å². The summed E-state index contributed by atoms with van der Waals surface area (Å²) < 4.78 is 0. The average Bonchev–Trinajstić information content (AvgIpc) is 2.92. The molecule has 158 valence electrons. The lowest BCUT2D eigenvalue weighted by atomic mass is 9.87. The molecular weight excluding hydrogens is 433 g/mol. The third-order valence-electron chi connectivity index (χ3n) is 5.66. The maximum Gasteiger partial charge on any atom is 0.264 e. The molecule has 1 atom stereocenters. The van der Waals surface area contributed by atoms with Crippen LogP contribution in [0.2, 0.25) is 10.0 Å². The van der Waals surface area contributed by atoms with E-state index >= 15 is 0 Å². The van der Waals surface area contributed by atoms with Crippen molar-refractivity contribution < 1.29 is 14.7 Å². The average molecular weight is 454 g/mol. The van der Waals surface area contributed by atoms with E-state index in [1.807, 2.05) is 38.1 Å². The molecule has 4 nitrogen and oxygen atoms in total. The Labute approximate surface area is 191 Å². The van der Waals surface area contributed by atoms with E-state index < -0.39 is 11.5 Å². The molecule has 0 bridgehead atoms. The van der Waals surface area contributed by atoms with Gasteiger partial charge in [-0.1, -0.05) is 53.0 Å². The fourth-order valence-electron chi connectivity index (χ4n) is 3.99. The molecule has 0 aromatic heterocycles. The van der Waals surface area contributed by atoms with Gasteiger partial charge in [0.2, 0.25) is 0 Å². The van der Waals surface area contributed by atoms with E-state index in [9.17, 15) is 14.7 Å².